The molecule has 2 rings (SSSR count). The number of rotatable bonds is 4. The fourth-order valence-corrected chi connectivity index (χ4v) is 3.45. The van der Waals surface area contributed by atoms with Gasteiger partial charge in [-0.05, 0) is 32.1 Å². The maximum absolute atomic E-state index is 12.2. The molecule has 0 radical (unpaired) electrons. The van der Waals surface area contributed by atoms with E-state index >= 15 is 0 Å². The summed E-state index contributed by atoms with van der Waals surface area (Å²) < 4.78 is 26.9. The van der Waals surface area contributed by atoms with Gasteiger partial charge >= 0.3 is 0 Å². The third-order valence-corrected chi connectivity index (χ3v) is 4.74. The number of anilines is 1. The molecule has 1 aromatic rings. The Hall–Kier alpha value is -1.71. The van der Waals surface area contributed by atoms with Gasteiger partial charge in [0.15, 0.2) is 0 Å². The zero-order valence-electron chi connectivity index (χ0n) is 10.9. The molecular formula is C11H16N4O4S. The molecule has 1 heterocycles. The van der Waals surface area contributed by atoms with Crippen LogP contribution in [0.25, 0.3) is 0 Å². The lowest BCUT2D eigenvalue weighted by molar-refractivity contribution is -0.384. The van der Waals surface area contributed by atoms with Gasteiger partial charge in [0, 0.05) is 18.7 Å². The molecule has 1 aliphatic heterocycles. The van der Waals surface area contributed by atoms with Gasteiger partial charge in [-0.3, -0.25) is 10.1 Å². The number of likely N-dealkylation sites (N-methyl/N-ethyl adjacent to an activating group) is 1. The fraction of sp³-hybridized carbons (Fsp3) is 0.455. The predicted octanol–water partition coefficient (Wildman–Crippen LogP) is 0.159. The molecule has 20 heavy (non-hydrogen) atoms. The Balaban J connectivity index is 2.25. The molecule has 1 fully saturated rings. The van der Waals surface area contributed by atoms with Gasteiger partial charge in [-0.2, -0.15) is 0 Å². The van der Waals surface area contributed by atoms with E-state index in [-0.39, 0.29) is 16.6 Å². The van der Waals surface area contributed by atoms with E-state index in [1.165, 1.54) is 12.1 Å². The van der Waals surface area contributed by atoms with E-state index in [0.717, 1.165) is 12.6 Å². The monoisotopic (exact) mass is 300 g/mol. The highest BCUT2D eigenvalue weighted by Crippen LogP contribution is 2.25. The molecule has 1 unspecified atom stereocenters. The van der Waals surface area contributed by atoms with Crippen molar-refractivity contribution < 1.29 is 13.3 Å². The van der Waals surface area contributed by atoms with Crippen molar-refractivity contribution >= 4 is 21.4 Å². The third-order valence-electron chi connectivity index (χ3n) is 3.22. The Morgan fingerprint density at radius 1 is 1.50 bits per heavy atom. The number of benzene rings is 1. The second-order valence-electron chi connectivity index (χ2n) is 4.85. The molecule has 3 N–H and O–H groups in total. The summed E-state index contributed by atoms with van der Waals surface area (Å²) in [4.78, 5) is 12.0. The molecule has 110 valence electrons. The highest BCUT2D eigenvalue weighted by atomic mass is 32.2. The van der Waals surface area contributed by atoms with Gasteiger partial charge in [-0.1, -0.05) is 0 Å². The minimum Gasteiger partial charge on any atom is -0.393 e. The summed E-state index contributed by atoms with van der Waals surface area (Å²) in [5, 5.41) is 10.8. The van der Waals surface area contributed by atoms with Crippen LogP contribution in [0.4, 0.5) is 11.4 Å². The van der Waals surface area contributed by atoms with E-state index in [1.54, 1.807) is 0 Å². The summed E-state index contributed by atoms with van der Waals surface area (Å²) in [5.41, 5.74) is 4.99. The number of nitrogens with zero attached hydrogens (tertiary/aromatic N) is 2. The van der Waals surface area contributed by atoms with Crippen molar-refractivity contribution in [1.82, 2.24) is 9.62 Å². The lowest BCUT2D eigenvalue weighted by Gasteiger charge is -2.13. The van der Waals surface area contributed by atoms with E-state index in [9.17, 15) is 18.5 Å². The smallest absolute Gasteiger partial charge is 0.293 e. The molecule has 8 nitrogen and oxygen atoms in total. The standard InChI is InChI=1S/C11H16N4O4S/c1-14-5-4-8(7-14)13-20(18,19)9-2-3-10(12)11(6-9)15(16)17/h2-3,6,8,13H,4-5,7,12H2,1H3. The molecule has 1 saturated heterocycles. The van der Waals surface area contributed by atoms with Crippen LogP contribution in [0.1, 0.15) is 6.42 Å². The van der Waals surface area contributed by atoms with Gasteiger partial charge in [0.25, 0.3) is 5.69 Å². The first-order valence-corrected chi connectivity index (χ1v) is 7.53. The second-order valence-corrected chi connectivity index (χ2v) is 6.56. The zero-order valence-corrected chi connectivity index (χ0v) is 11.8. The molecule has 0 bridgehead atoms. The Bertz CT molecular complexity index is 631. The quantitative estimate of drug-likeness (QED) is 0.464. The van der Waals surface area contributed by atoms with Gasteiger partial charge in [-0.25, -0.2) is 13.1 Å². The van der Waals surface area contributed by atoms with Crippen molar-refractivity contribution in [2.45, 2.75) is 17.4 Å². The van der Waals surface area contributed by atoms with Crippen molar-refractivity contribution in [2.75, 3.05) is 25.9 Å². The summed E-state index contributed by atoms with van der Waals surface area (Å²) in [6.07, 6.45) is 0.715. The maximum Gasteiger partial charge on any atom is 0.293 e. The maximum atomic E-state index is 12.2. The van der Waals surface area contributed by atoms with E-state index in [4.69, 9.17) is 5.73 Å². The van der Waals surface area contributed by atoms with Crippen molar-refractivity contribution in [3.63, 3.8) is 0 Å². The third kappa shape index (κ3) is 3.06. The molecule has 0 aliphatic carbocycles. The Labute approximate surface area is 116 Å². The molecule has 0 saturated carbocycles. The van der Waals surface area contributed by atoms with Gasteiger partial charge in [0.2, 0.25) is 10.0 Å². The summed E-state index contributed by atoms with van der Waals surface area (Å²) in [6.45, 7) is 1.44. The number of hydrogen-bond donors (Lipinski definition) is 2. The normalized spacial score (nSPS) is 20.1. The van der Waals surface area contributed by atoms with Gasteiger partial charge < -0.3 is 10.6 Å². The van der Waals surface area contributed by atoms with Crippen molar-refractivity contribution in [2.24, 2.45) is 0 Å². The Kier molecular flexibility index (Phi) is 3.93. The molecule has 9 heteroatoms. The molecule has 1 atom stereocenters. The largest absolute Gasteiger partial charge is 0.393 e. The number of likely N-dealkylation sites (tertiary alicyclic amines) is 1. The molecule has 0 aromatic heterocycles. The summed E-state index contributed by atoms with van der Waals surface area (Å²) in [7, 11) is -1.87. The van der Waals surface area contributed by atoms with E-state index in [2.05, 4.69) is 4.72 Å². The summed E-state index contributed by atoms with van der Waals surface area (Å²) in [5.74, 6) is 0. The van der Waals surface area contributed by atoms with E-state index in [0.29, 0.717) is 13.0 Å². The average molecular weight is 300 g/mol. The zero-order chi connectivity index (χ0) is 14.9. The van der Waals surface area contributed by atoms with Crippen LogP contribution in [-0.4, -0.2) is 44.4 Å². The number of hydrogen-bond acceptors (Lipinski definition) is 6. The van der Waals surface area contributed by atoms with Crippen molar-refractivity contribution in [3.8, 4) is 0 Å². The Morgan fingerprint density at radius 3 is 2.75 bits per heavy atom. The molecular weight excluding hydrogens is 284 g/mol. The van der Waals surface area contributed by atoms with Crippen LogP contribution in [0.15, 0.2) is 23.1 Å². The first kappa shape index (κ1) is 14.7. The molecule has 0 amide bonds. The number of nitrogens with two attached hydrogens (primary N) is 1. The van der Waals surface area contributed by atoms with Crippen LogP contribution in [0.2, 0.25) is 0 Å². The summed E-state index contributed by atoms with van der Waals surface area (Å²) in [6, 6.07) is 3.30. The van der Waals surface area contributed by atoms with Gasteiger partial charge in [-0.15, -0.1) is 0 Å². The SMILES string of the molecule is CN1CCC(NS(=O)(=O)c2ccc(N)c([N+](=O)[O-])c2)C1. The van der Waals surface area contributed by atoms with Crippen molar-refractivity contribution in [3.05, 3.63) is 28.3 Å². The first-order chi connectivity index (χ1) is 9.29. The topological polar surface area (TPSA) is 119 Å². The van der Waals surface area contributed by atoms with Crippen LogP contribution < -0.4 is 10.5 Å². The Morgan fingerprint density at radius 2 is 2.20 bits per heavy atom. The highest BCUT2D eigenvalue weighted by Gasteiger charge is 2.27. The van der Waals surface area contributed by atoms with E-state index in [1.807, 2.05) is 11.9 Å². The number of nitro benzene ring substituents is 1. The van der Waals surface area contributed by atoms with Gasteiger partial charge in [0.05, 0.1) is 9.82 Å². The minimum absolute atomic E-state index is 0.0606. The van der Waals surface area contributed by atoms with E-state index < -0.39 is 20.6 Å². The van der Waals surface area contributed by atoms with Crippen LogP contribution in [0.5, 0.6) is 0 Å². The van der Waals surface area contributed by atoms with Crippen LogP contribution >= 0.6 is 0 Å². The first-order valence-electron chi connectivity index (χ1n) is 6.04. The number of sulfonamides is 1. The second kappa shape index (κ2) is 5.35. The number of nitrogens with one attached hydrogen (secondary N) is 1. The van der Waals surface area contributed by atoms with Crippen LogP contribution in [0, 0.1) is 10.1 Å². The number of nitro groups is 1. The molecule has 1 aromatic carbocycles. The average Bonchev–Trinajstić information content (AvgIpc) is 2.73. The van der Waals surface area contributed by atoms with Crippen molar-refractivity contribution in [1.29, 1.82) is 0 Å². The predicted molar refractivity (Wildman–Crippen MR) is 73.7 cm³/mol. The molecule has 0 spiro atoms. The van der Waals surface area contributed by atoms with Crippen LogP contribution in [-0.2, 0) is 10.0 Å². The number of nitrogen functional groups attached to an aromatic ring is 1. The molecule has 1 aliphatic rings. The van der Waals surface area contributed by atoms with Crippen LogP contribution in [0.3, 0.4) is 0 Å². The van der Waals surface area contributed by atoms with Gasteiger partial charge in [0.1, 0.15) is 5.69 Å². The highest BCUT2D eigenvalue weighted by molar-refractivity contribution is 7.89. The lowest BCUT2D eigenvalue weighted by atomic mass is 10.3. The minimum atomic E-state index is -3.78. The fourth-order valence-electron chi connectivity index (χ4n) is 2.17. The summed E-state index contributed by atoms with van der Waals surface area (Å²) >= 11 is 0. The lowest BCUT2D eigenvalue weighted by Crippen LogP contribution is -2.36.